The molecule has 2 aromatic heterocycles. The van der Waals surface area contributed by atoms with Gasteiger partial charge in [0, 0.05) is 37.9 Å². The summed E-state index contributed by atoms with van der Waals surface area (Å²) in [6.07, 6.45) is 4.97. The second kappa shape index (κ2) is 10.8. The van der Waals surface area contributed by atoms with Crippen molar-refractivity contribution in [2.75, 3.05) is 7.05 Å². The van der Waals surface area contributed by atoms with Gasteiger partial charge in [0.15, 0.2) is 17.5 Å². The highest BCUT2D eigenvalue weighted by atomic mass is 127. The molecule has 1 atom stereocenters. The van der Waals surface area contributed by atoms with Crippen molar-refractivity contribution in [1.29, 1.82) is 0 Å². The van der Waals surface area contributed by atoms with Gasteiger partial charge in [0.25, 0.3) is 0 Å². The van der Waals surface area contributed by atoms with Gasteiger partial charge in [-0.25, -0.2) is 9.67 Å². The van der Waals surface area contributed by atoms with Gasteiger partial charge in [-0.1, -0.05) is 25.9 Å². The molecule has 3 rings (SSSR count). The lowest BCUT2D eigenvalue weighted by Crippen LogP contribution is -2.46. The van der Waals surface area contributed by atoms with E-state index < -0.39 is 0 Å². The number of hydrogen-bond donors (Lipinski definition) is 2. The Morgan fingerprint density at radius 2 is 2.14 bits per heavy atom. The lowest BCUT2D eigenvalue weighted by molar-refractivity contribution is 0.365. The van der Waals surface area contributed by atoms with Crippen LogP contribution in [0.25, 0.3) is 0 Å². The summed E-state index contributed by atoms with van der Waals surface area (Å²) in [5, 5.41) is 15.6. The SMILES string of the molecule is CCc1nc2n(n1)CC(NC(=NC)NCc1cc(C(CC)CC)no1)CC2.I. The normalized spacial score (nSPS) is 16.6. The first-order chi connectivity index (χ1) is 13.2. The fraction of sp³-hybridized carbons (Fsp3) is 0.684. The standard InChI is InChI=1S/C19H31N7O.HI/c1-5-13(6-2)16-10-15(27-25-16)11-21-19(20-4)22-14-8-9-18-23-17(7-3)24-26(18)12-14;/h10,13-14H,5-9,11-12H2,1-4H3,(H2,20,21,22);1H. The van der Waals surface area contributed by atoms with E-state index in [1.165, 1.54) is 0 Å². The van der Waals surface area contributed by atoms with E-state index in [1.54, 1.807) is 7.05 Å². The molecule has 0 bridgehead atoms. The predicted molar refractivity (Wildman–Crippen MR) is 120 cm³/mol. The minimum atomic E-state index is 0. The number of nitrogens with zero attached hydrogens (tertiary/aromatic N) is 5. The van der Waals surface area contributed by atoms with Gasteiger partial charge in [-0.2, -0.15) is 5.10 Å². The number of rotatable bonds is 7. The van der Waals surface area contributed by atoms with Gasteiger partial charge >= 0.3 is 0 Å². The molecule has 0 aromatic carbocycles. The molecule has 0 amide bonds. The van der Waals surface area contributed by atoms with Crippen molar-refractivity contribution >= 4 is 29.9 Å². The molecule has 3 heterocycles. The molecule has 1 aliphatic heterocycles. The zero-order valence-corrected chi connectivity index (χ0v) is 19.6. The first-order valence-electron chi connectivity index (χ1n) is 10.0. The van der Waals surface area contributed by atoms with Gasteiger partial charge in [0.1, 0.15) is 5.82 Å². The first-order valence-corrected chi connectivity index (χ1v) is 10.0. The minimum Gasteiger partial charge on any atom is -0.359 e. The molecule has 156 valence electrons. The maximum Gasteiger partial charge on any atom is 0.191 e. The van der Waals surface area contributed by atoms with Crippen molar-refractivity contribution in [2.45, 2.75) is 77.9 Å². The Bertz CT molecular complexity index is 766. The van der Waals surface area contributed by atoms with Crippen LogP contribution in [0, 0.1) is 0 Å². The van der Waals surface area contributed by atoms with Crippen LogP contribution in [0.2, 0.25) is 0 Å². The largest absolute Gasteiger partial charge is 0.359 e. The Hall–Kier alpha value is -1.65. The van der Waals surface area contributed by atoms with Crippen molar-refractivity contribution in [2.24, 2.45) is 4.99 Å². The Morgan fingerprint density at radius 1 is 1.36 bits per heavy atom. The number of aliphatic imine (C=N–C) groups is 1. The van der Waals surface area contributed by atoms with Gasteiger partial charge in [0.2, 0.25) is 0 Å². The fourth-order valence-corrected chi connectivity index (χ4v) is 3.50. The molecule has 0 saturated carbocycles. The van der Waals surface area contributed by atoms with E-state index in [0.29, 0.717) is 12.5 Å². The quantitative estimate of drug-likeness (QED) is 0.344. The van der Waals surface area contributed by atoms with E-state index in [4.69, 9.17) is 4.52 Å². The van der Waals surface area contributed by atoms with E-state index in [2.05, 4.69) is 51.6 Å². The number of halogens is 1. The average Bonchev–Trinajstić information content (AvgIpc) is 3.32. The molecule has 0 fully saturated rings. The molecular weight excluding hydrogens is 469 g/mol. The number of aryl methyl sites for hydroxylation is 2. The lowest BCUT2D eigenvalue weighted by Gasteiger charge is -2.25. The molecule has 0 aliphatic carbocycles. The van der Waals surface area contributed by atoms with Crippen molar-refractivity contribution in [1.82, 2.24) is 30.6 Å². The highest BCUT2D eigenvalue weighted by Gasteiger charge is 2.22. The van der Waals surface area contributed by atoms with Crippen LogP contribution in [0.1, 0.15) is 69.1 Å². The topological polar surface area (TPSA) is 93.2 Å². The highest BCUT2D eigenvalue weighted by Crippen LogP contribution is 2.22. The molecule has 0 radical (unpaired) electrons. The van der Waals surface area contributed by atoms with E-state index >= 15 is 0 Å². The van der Waals surface area contributed by atoms with Crippen LogP contribution in [-0.2, 0) is 25.9 Å². The van der Waals surface area contributed by atoms with Crippen LogP contribution in [-0.4, -0.2) is 39.0 Å². The van der Waals surface area contributed by atoms with Crippen molar-refractivity contribution in [3.63, 3.8) is 0 Å². The number of guanidine groups is 1. The van der Waals surface area contributed by atoms with E-state index in [-0.39, 0.29) is 30.0 Å². The molecule has 0 spiro atoms. The summed E-state index contributed by atoms with van der Waals surface area (Å²) in [6.45, 7) is 7.82. The summed E-state index contributed by atoms with van der Waals surface area (Å²) in [5.74, 6) is 4.07. The van der Waals surface area contributed by atoms with Crippen molar-refractivity contribution in [3.8, 4) is 0 Å². The summed E-state index contributed by atoms with van der Waals surface area (Å²) in [6, 6.07) is 2.33. The monoisotopic (exact) mass is 501 g/mol. The van der Waals surface area contributed by atoms with Gasteiger partial charge in [-0.05, 0) is 19.3 Å². The Labute approximate surface area is 184 Å². The van der Waals surface area contributed by atoms with E-state index in [9.17, 15) is 0 Å². The number of hydrogen-bond acceptors (Lipinski definition) is 5. The van der Waals surface area contributed by atoms with Gasteiger partial charge < -0.3 is 15.2 Å². The number of aromatic nitrogens is 4. The van der Waals surface area contributed by atoms with Crippen LogP contribution in [0.3, 0.4) is 0 Å². The molecular formula is C19H32IN7O. The van der Waals surface area contributed by atoms with Crippen molar-refractivity contribution in [3.05, 3.63) is 29.2 Å². The zero-order valence-electron chi connectivity index (χ0n) is 17.2. The summed E-state index contributed by atoms with van der Waals surface area (Å²) in [7, 11) is 1.78. The maximum atomic E-state index is 5.48. The molecule has 0 saturated heterocycles. The molecule has 1 unspecified atom stereocenters. The van der Waals surface area contributed by atoms with Crippen LogP contribution >= 0.6 is 24.0 Å². The van der Waals surface area contributed by atoms with E-state index in [0.717, 1.165) is 67.7 Å². The van der Waals surface area contributed by atoms with Crippen molar-refractivity contribution < 1.29 is 4.52 Å². The second-order valence-electron chi connectivity index (χ2n) is 7.02. The summed E-state index contributed by atoms with van der Waals surface area (Å²) < 4.78 is 7.50. The molecule has 9 heteroatoms. The third-order valence-corrected chi connectivity index (χ3v) is 5.19. The van der Waals surface area contributed by atoms with Crippen LogP contribution < -0.4 is 10.6 Å². The Kier molecular flexibility index (Phi) is 8.71. The molecule has 2 N–H and O–H groups in total. The van der Waals surface area contributed by atoms with Gasteiger partial charge in [-0.15, -0.1) is 24.0 Å². The zero-order chi connectivity index (χ0) is 19.2. The summed E-state index contributed by atoms with van der Waals surface area (Å²) in [5.41, 5.74) is 1.04. The number of fused-ring (bicyclic) bond motifs is 1. The predicted octanol–water partition coefficient (Wildman–Crippen LogP) is 3.03. The third kappa shape index (κ3) is 5.45. The summed E-state index contributed by atoms with van der Waals surface area (Å²) in [4.78, 5) is 8.90. The maximum absolute atomic E-state index is 5.48. The lowest BCUT2D eigenvalue weighted by atomic mass is 9.99. The Balaban J connectivity index is 0.00000280. The van der Waals surface area contributed by atoms with Crippen LogP contribution in [0.4, 0.5) is 0 Å². The van der Waals surface area contributed by atoms with Crippen LogP contribution in [0.5, 0.6) is 0 Å². The van der Waals surface area contributed by atoms with Gasteiger partial charge in [-0.3, -0.25) is 4.99 Å². The first kappa shape index (κ1) is 22.6. The Morgan fingerprint density at radius 3 is 2.82 bits per heavy atom. The third-order valence-electron chi connectivity index (χ3n) is 5.19. The van der Waals surface area contributed by atoms with Gasteiger partial charge in [0.05, 0.1) is 18.8 Å². The molecule has 1 aliphatic rings. The minimum absolute atomic E-state index is 0. The average molecular weight is 501 g/mol. The summed E-state index contributed by atoms with van der Waals surface area (Å²) >= 11 is 0. The fourth-order valence-electron chi connectivity index (χ4n) is 3.50. The molecule has 8 nitrogen and oxygen atoms in total. The smallest absolute Gasteiger partial charge is 0.191 e. The number of nitrogens with one attached hydrogen (secondary N) is 2. The molecule has 28 heavy (non-hydrogen) atoms. The molecule has 2 aromatic rings. The second-order valence-corrected chi connectivity index (χ2v) is 7.02. The van der Waals surface area contributed by atoms with Crippen LogP contribution in [0.15, 0.2) is 15.6 Å². The highest BCUT2D eigenvalue weighted by molar-refractivity contribution is 14.0. The van der Waals surface area contributed by atoms with E-state index in [1.807, 2.05) is 10.7 Å².